The summed E-state index contributed by atoms with van der Waals surface area (Å²) in [6, 6.07) is 6.18. The van der Waals surface area contributed by atoms with E-state index >= 15 is 0 Å². The highest BCUT2D eigenvalue weighted by Crippen LogP contribution is 2.32. The Balaban J connectivity index is 2.27. The predicted octanol–water partition coefficient (Wildman–Crippen LogP) is 3.21. The standard InChI is InChI=1S/C13H13N3S/c1-2-9-7-12-16(13(9)14)11(8-17-12)10-3-5-15-6-4-10/h3-8H,2,14H2,1H3. The van der Waals surface area contributed by atoms with E-state index in [1.807, 2.05) is 12.1 Å². The summed E-state index contributed by atoms with van der Waals surface area (Å²) in [5, 5.41) is 2.14. The zero-order valence-electron chi connectivity index (χ0n) is 9.55. The zero-order chi connectivity index (χ0) is 11.8. The fraction of sp³-hybridized carbons (Fsp3) is 0.154. The molecule has 0 aliphatic heterocycles. The topological polar surface area (TPSA) is 43.3 Å². The lowest BCUT2D eigenvalue weighted by molar-refractivity contribution is 1.13. The maximum atomic E-state index is 6.19. The van der Waals surface area contributed by atoms with Gasteiger partial charge in [-0.3, -0.25) is 9.38 Å². The number of hydrogen-bond donors (Lipinski definition) is 1. The van der Waals surface area contributed by atoms with Crippen molar-refractivity contribution in [3.8, 4) is 11.3 Å². The highest BCUT2D eigenvalue weighted by atomic mass is 32.1. The Morgan fingerprint density at radius 2 is 2.12 bits per heavy atom. The second kappa shape index (κ2) is 3.89. The molecule has 2 N–H and O–H groups in total. The Labute approximate surface area is 104 Å². The average molecular weight is 243 g/mol. The van der Waals surface area contributed by atoms with Crippen molar-refractivity contribution in [2.45, 2.75) is 13.3 Å². The van der Waals surface area contributed by atoms with Crippen LogP contribution in [0.4, 0.5) is 5.82 Å². The Morgan fingerprint density at radius 3 is 2.82 bits per heavy atom. The number of rotatable bonds is 2. The highest BCUT2D eigenvalue weighted by Gasteiger charge is 2.12. The van der Waals surface area contributed by atoms with E-state index in [9.17, 15) is 0 Å². The average Bonchev–Trinajstić information content (AvgIpc) is 2.91. The summed E-state index contributed by atoms with van der Waals surface area (Å²) >= 11 is 1.72. The van der Waals surface area contributed by atoms with Gasteiger partial charge in [-0.25, -0.2) is 0 Å². The minimum absolute atomic E-state index is 0.857. The van der Waals surface area contributed by atoms with E-state index in [4.69, 9.17) is 5.73 Å². The minimum atomic E-state index is 0.857. The van der Waals surface area contributed by atoms with Crippen molar-refractivity contribution in [2.75, 3.05) is 5.73 Å². The van der Waals surface area contributed by atoms with Gasteiger partial charge in [0.1, 0.15) is 10.6 Å². The van der Waals surface area contributed by atoms with Crippen LogP contribution in [0.25, 0.3) is 16.1 Å². The normalized spacial score (nSPS) is 11.1. The molecule has 0 aromatic carbocycles. The van der Waals surface area contributed by atoms with Gasteiger partial charge in [0.15, 0.2) is 0 Å². The van der Waals surface area contributed by atoms with Crippen LogP contribution in [0.5, 0.6) is 0 Å². The van der Waals surface area contributed by atoms with Crippen LogP contribution in [0.1, 0.15) is 12.5 Å². The molecular formula is C13H13N3S. The monoisotopic (exact) mass is 243 g/mol. The number of thiazole rings is 1. The second-order valence-corrected chi connectivity index (χ2v) is 4.83. The van der Waals surface area contributed by atoms with E-state index in [2.05, 4.69) is 27.8 Å². The van der Waals surface area contributed by atoms with E-state index in [1.165, 1.54) is 10.4 Å². The third-order valence-corrected chi connectivity index (χ3v) is 3.86. The summed E-state index contributed by atoms with van der Waals surface area (Å²) in [6.07, 6.45) is 4.58. The fourth-order valence-corrected chi connectivity index (χ4v) is 3.04. The fourth-order valence-electron chi connectivity index (χ4n) is 2.06. The molecule has 0 saturated carbocycles. The molecule has 17 heavy (non-hydrogen) atoms. The first-order chi connectivity index (χ1) is 8.31. The van der Waals surface area contributed by atoms with Crippen molar-refractivity contribution >= 4 is 22.0 Å². The molecule has 0 atom stereocenters. The van der Waals surface area contributed by atoms with Crippen LogP contribution in [0.3, 0.4) is 0 Å². The molecule has 3 aromatic heterocycles. The molecule has 0 radical (unpaired) electrons. The van der Waals surface area contributed by atoms with Crippen LogP contribution in [0, 0.1) is 0 Å². The molecule has 0 aliphatic carbocycles. The quantitative estimate of drug-likeness (QED) is 0.751. The van der Waals surface area contributed by atoms with Crippen molar-refractivity contribution in [2.24, 2.45) is 0 Å². The zero-order valence-corrected chi connectivity index (χ0v) is 10.4. The maximum absolute atomic E-state index is 6.19. The van der Waals surface area contributed by atoms with Gasteiger partial charge in [-0.1, -0.05) is 6.92 Å². The first-order valence-electron chi connectivity index (χ1n) is 5.59. The lowest BCUT2D eigenvalue weighted by Crippen LogP contribution is -1.96. The van der Waals surface area contributed by atoms with Crippen molar-refractivity contribution in [1.82, 2.24) is 9.38 Å². The molecule has 86 valence electrons. The first kappa shape index (κ1) is 10.4. The maximum Gasteiger partial charge on any atom is 0.112 e. The van der Waals surface area contributed by atoms with Crippen molar-refractivity contribution in [1.29, 1.82) is 0 Å². The van der Waals surface area contributed by atoms with Gasteiger partial charge in [-0.2, -0.15) is 0 Å². The van der Waals surface area contributed by atoms with Gasteiger partial charge in [-0.05, 0) is 30.2 Å². The van der Waals surface area contributed by atoms with Crippen LogP contribution in [0.15, 0.2) is 36.0 Å². The molecule has 0 fully saturated rings. The Morgan fingerprint density at radius 1 is 1.35 bits per heavy atom. The lowest BCUT2D eigenvalue weighted by atomic mass is 10.2. The molecule has 0 unspecified atom stereocenters. The largest absolute Gasteiger partial charge is 0.385 e. The van der Waals surface area contributed by atoms with Crippen molar-refractivity contribution in [3.63, 3.8) is 0 Å². The SMILES string of the molecule is CCc1cc2scc(-c3ccncc3)n2c1N. The summed E-state index contributed by atoms with van der Waals surface area (Å²) in [6.45, 7) is 2.13. The second-order valence-electron chi connectivity index (χ2n) is 3.94. The van der Waals surface area contributed by atoms with E-state index in [1.54, 1.807) is 23.7 Å². The van der Waals surface area contributed by atoms with Crippen molar-refractivity contribution < 1.29 is 0 Å². The smallest absolute Gasteiger partial charge is 0.112 e. The molecule has 4 heteroatoms. The van der Waals surface area contributed by atoms with Gasteiger partial charge in [0, 0.05) is 23.3 Å². The van der Waals surface area contributed by atoms with E-state index in [0.29, 0.717) is 0 Å². The first-order valence-corrected chi connectivity index (χ1v) is 6.47. The van der Waals surface area contributed by atoms with Gasteiger partial charge in [0.2, 0.25) is 0 Å². The number of aryl methyl sites for hydroxylation is 1. The van der Waals surface area contributed by atoms with Crippen LogP contribution in [-0.4, -0.2) is 9.38 Å². The van der Waals surface area contributed by atoms with Gasteiger partial charge < -0.3 is 5.73 Å². The summed E-state index contributed by atoms with van der Waals surface area (Å²) in [5.74, 6) is 0.857. The molecule has 0 saturated heterocycles. The van der Waals surface area contributed by atoms with Gasteiger partial charge in [0.25, 0.3) is 0 Å². The van der Waals surface area contributed by atoms with Gasteiger partial charge in [0.05, 0.1) is 5.69 Å². The number of hydrogen-bond acceptors (Lipinski definition) is 3. The molecule has 0 amide bonds. The highest BCUT2D eigenvalue weighted by molar-refractivity contribution is 7.16. The minimum Gasteiger partial charge on any atom is -0.385 e. The number of fused-ring (bicyclic) bond motifs is 1. The lowest BCUT2D eigenvalue weighted by Gasteiger charge is -2.02. The third-order valence-electron chi connectivity index (χ3n) is 2.98. The van der Waals surface area contributed by atoms with E-state index in [-0.39, 0.29) is 0 Å². The van der Waals surface area contributed by atoms with Crippen molar-refractivity contribution in [3.05, 3.63) is 41.5 Å². The molecular weight excluding hydrogens is 230 g/mol. The molecule has 0 spiro atoms. The van der Waals surface area contributed by atoms with Crippen LogP contribution in [0.2, 0.25) is 0 Å². The predicted molar refractivity (Wildman–Crippen MR) is 72.3 cm³/mol. The Kier molecular flexibility index (Phi) is 2.37. The number of nitrogens with zero attached hydrogens (tertiary/aromatic N) is 2. The molecule has 0 aliphatic rings. The Hall–Kier alpha value is -1.81. The van der Waals surface area contributed by atoms with Crippen LogP contribution < -0.4 is 5.73 Å². The molecule has 3 rings (SSSR count). The molecule has 3 heterocycles. The molecule has 3 nitrogen and oxygen atoms in total. The summed E-state index contributed by atoms with van der Waals surface area (Å²) in [5.41, 5.74) is 9.69. The Bertz CT molecular complexity index is 652. The molecule has 3 aromatic rings. The summed E-state index contributed by atoms with van der Waals surface area (Å²) in [4.78, 5) is 5.24. The van der Waals surface area contributed by atoms with E-state index < -0.39 is 0 Å². The number of pyridine rings is 1. The number of nitrogen functional groups attached to an aromatic ring is 1. The number of aromatic nitrogens is 2. The summed E-state index contributed by atoms with van der Waals surface area (Å²) < 4.78 is 2.12. The summed E-state index contributed by atoms with van der Waals surface area (Å²) in [7, 11) is 0. The number of anilines is 1. The number of nitrogens with two attached hydrogens (primary N) is 1. The third kappa shape index (κ3) is 1.52. The van der Waals surface area contributed by atoms with Gasteiger partial charge in [-0.15, -0.1) is 11.3 Å². The van der Waals surface area contributed by atoms with Crippen LogP contribution in [-0.2, 0) is 6.42 Å². The van der Waals surface area contributed by atoms with Crippen LogP contribution >= 0.6 is 11.3 Å². The molecule has 0 bridgehead atoms. The van der Waals surface area contributed by atoms with Gasteiger partial charge >= 0.3 is 0 Å². The van der Waals surface area contributed by atoms with E-state index in [0.717, 1.165) is 23.5 Å².